The molecule has 0 amide bonds. The molecule has 0 spiro atoms. The molecule has 4 aromatic carbocycles. The number of rotatable bonds is 2. The fraction of sp³-hybridized carbons (Fsp3) is 0.0400. The molecule has 0 aliphatic carbocycles. The molecular formula is C25H18BrN. The van der Waals surface area contributed by atoms with Crippen molar-refractivity contribution in [3.05, 3.63) is 95.5 Å². The largest absolute Gasteiger partial charge is 0.343 e. The van der Waals surface area contributed by atoms with Gasteiger partial charge in [-0.15, -0.1) is 0 Å². The molecule has 0 atom stereocenters. The molecule has 0 saturated carbocycles. The van der Waals surface area contributed by atoms with E-state index >= 15 is 0 Å². The molecular weight excluding hydrogens is 394 g/mol. The molecule has 0 aliphatic heterocycles. The summed E-state index contributed by atoms with van der Waals surface area (Å²) < 4.78 is 3.43. The number of aromatic nitrogens is 1. The highest BCUT2D eigenvalue weighted by Gasteiger charge is 2.19. The Kier molecular flexibility index (Phi) is 3.87. The van der Waals surface area contributed by atoms with Gasteiger partial charge in [0.15, 0.2) is 0 Å². The van der Waals surface area contributed by atoms with E-state index in [1.54, 1.807) is 0 Å². The third-order valence-corrected chi connectivity index (χ3v) is 5.75. The number of nitrogens with zero attached hydrogens (tertiary/aromatic N) is 1. The third-order valence-electron chi connectivity index (χ3n) is 5.25. The van der Waals surface area contributed by atoms with Gasteiger partial charge in [-0.3, -0.25) is 0 Å². The maximum Gasteiger partial charge on any atom is 0.0568 e. The van der Waals surface area contributed by atoms with Crippen LogP contribution in [-0.2, 0) is 7.05 Å². The minimum Gasteiger partial charge on any atom is -0.343 e. The van der Waals surface area contributed by atoms with E-state index in [0.29, 0.717) is 0 Å². The van der Waals surface area contributed by atoms with Crippen LogP contribution in [0.2, 0.25) is 0 Å². The van der Waals surface area contributed by atoms with Gasteiger partial charge in [0.1, 0.15) is 0 Å². The number of aryl methyl sites for hydroxylation is 1. The molecule has 5 aromatic rings. The first-order chi connectivity index (χ1) is 13.2. The average molecular weight is 412 g/mol. The highest BCUT2D eigenvalue weighted by molar-refractivity contribution is 9.10. The predicted octanol–water partition coefficient (Wildman–Crippen LogP) is 7.43. The molecule has 0 fully saturated rings. The Morgan fingerprint density at radius 2 is 1.37 bits per heavy atom. The summed E-state index contributed by atoms with van der Waals surface area (Å²) >= 11 is 3.61. The Labute approximate surface area is 167 Å². The number of fused-ring (bicyclic) bond motifs is 3. The monoisotopic (exact) mass is 411 g/mol. The van der Waals surface area contributed by atoms with Gasteiger partial charge in [-0.1, -0.05) is 88.7 Å². The lowest BCUT2D eigenvalue weighted by Crippen LogP contribution is -1.92. The highest BCUT2D eigenvalue weighted by atomic mass is 79.9. The van der Waals surface area contributed by atoms with Crippen molar-refractivity contribution in [1.82, 2.24) is 4.57 Å². The van der Waals surface area contributed by atoms with Crippen molar-refractivity contribution < 1.29 is 0 Å². The topological polar surface area (TPSA) is 4.93 Å². The highest BCUT2D eigenvalue weighted by Crippen LogP contribution is 2.43. The number of benzene rings is 4. The van der Waals surface area contributed by atoms with Gasteiger partial charge in [0.2, 0.25) is 0 Å². The molecule has 0 radical (unpaired) electrons. The molecule has 0 aliphatic rings. The van der Waals surface area contributed by atoms with Crippen LogP contribution < -0.4 is 0 Å². The van der Waals surface area contributed by atoms with E-state index in [9.17, 15) is 0 Å². The molecule has 1 heterocycles. The van der Waals surface area contributed by atoms with Crippen LogP contribution in [0.3, 0.4) is 0 Å². The molecule has 0 bridgehead atoms. The van der Waals surface area contributed by atoms with Crippen LogP contribution in [0.25, 0.3) is 44.1 Å². The Morgan fingerprint density at radius 3 is 2.07 bits per heavy atom. The first kappa shape index (κ1) is 16.3. The van der Waals surface area contributed by atoms with Gasteiger partial charge in [0.05, 0.1) is 5.69 Å². The summed E-state index contributed by atoms with van der Waals surface area (Å²) in [6.07, 6.45) is 0. The Hall–Kier alpha value is -2.84. The standard InChI is InChI=1S/C25H18BrN/c1-27-22-15-12-19-16-20(26)13-14-21(19)24(22)23(17-8-4-2-5-9-17)25(27)18-10-6-3-7-11-18/h2-16H,1H3. The van der Waals surface area contributed by atoms with Crippen molar-refractivity contribution in [2.24, 2.45) is 7.05 Å². The van der Waals surface area contributed by atoms with Crippen LogP contribution in [-0.4, -0.2) is 4.57 Å². The van der Waals surface area contributed by atoms with Gasteiger partial charge < -0.3 is 4.57 Å². The van der Waals surface area contributed by atoms with Gasteiger partial charge >= 0.3 is 0 Å². The first-order valence-electron chi connectivity index (χ1n) is 9.05. The zero-order chi connectivity index (χ0) is 18.4. The van der Waals surface area contributed by atoms with E-state index in [1.807, 2.05) is 0 Å². The van der Waals surface area contributed by atoms with Crippen LogP contribution in [0.1, 0.15) is 0 Å². The number of hydrogen-bond donors (Lipinski definition) is 0. The van der Waals surface area contributed by atoms with Crippen molar-refractivity contribution in [3.63, 3.8) is 0 Å². The second kappa shape index (κ2) is 6.40. The number of hydrogen-bond acceptors (Lipinski definition) is 0. The average Bonchev–Trinajstić information content (AvgIpc) is 3.02. The van der Waals surface area contributed by atoms with E-state index in [0.717, 1.165) is 4.47 Å². The maximum atomic E-state index is 3.61. The van der Waals surface area contributed by atoms with E-state index in [-0.39, 0.29) is 0 Å². The Balaban J connectivity index is 2.00. The Bertz CT molecular complexity index is 1270. The van der Waals surface area contributed by atoms with Crippen LogP contribution in [0.5, 0.6) is 0 Å². The lowest BCUT2D eigenvalue weighted by Gasteiger charge is -2.09. The predicted molar refractivity (Wildman–Crippen MR) is 119 cm³/mol. The summed E-state index contributed by atoms with van der Waals surface area (Å²) in [4.78, 5) is 0. The lowest BCUT2D eigenvalue weighted by molar-refractivity contribution is 0.979. The summed E-state index contributed by atoms with van der Waals surface area (Å²) in [5.74, 6) is 0. The molecule has 130 valence electrons. The van der Waals surface area contributed by atoms with Crippen LogP contribution in [0, 0.1) is 0 Å². The fourth-order valence-corrected chi connectivity index (χ4v) is 4.44. The van der Waals surface area contributed by atoms with Gasteiger partial charge in [-0.2, -0.15) is 0 Å². The number of halogens is 1. The van der Waals surface area contributed by atoms with Crippen LogP contribution in [0.4, 0.5) is 0 Å². The smallest absolute Gasteiger partial charge is 0.0568 e. The Morgan fingerprint density at radius 1 is 0.704 bits per heavy atom. The lowest BCUT2D eigenvalue weighted by atomic mass is 9.95. The molecule has 1 nitrogen and oxygen atoms in total. The molecule has 0 N–H and O–H groups in total. The molecule has 0 unspecified atom stereocenters. The zero-order valence-corrected chi connectivity index (χ0v) is 16.6. The van der Waals surface area contributed by atoms with Gasteiger partial charge in [-0.25, -0.2) is 0 Å². The maximum absolute atomic E-state index is 3.61. The van der Waals surface area contributed by atoms with Crippen molar-refractivity contribution in [3.8, 4) is 22.4 Å². The molecule has 1 aromatic heterocycles. The molecule has 0 saturated heterocycles. The zero-order valence-electron chi connectivity index (χ0n) is 15.0. The van der Waals surface area contributed by atoms with E-state index in [1.165, 1.54) is 44.1 Å². The van der Waals surface area contributed by atoms with Crippen molar-refractivity contribution in [2.45, 2.75) is 0 Å². The summed E-state index contributed by atoms with van der Waals surface area (Å²) in [6, 6.07) is 32.4. The minimum absolute atomic E-state index is 1.11. The van der Waals surface area contributed by atoms with Gasteiger partial charge in [0.25, 0.3) is 0 Å². The fourth-order valence-electron chi connectivity index (χ4n) is 4.06. The van der Waals surface area contributed by atoms with E-state index in [2.05, 4.69) is 119 Å². The minimum atomic E-state index is 1.11. The summed E-state index contributed by atoms with van der Waals surface area (Å²) in [7, 11) is 2.17. The van der Waals surface area contributed by atoms with Gasteiger partial charge in [0, 0.05) is 28.0 Å². The third kappa shape index (κ3) is 2.60. The van der Waals surface area contributed by atoms with E-state index in [4.69, 9.17) is 0 Å². The van der Waals surface area contributed by atoms with Crippen molar-refractivity contribution in [2.75, 3.05) is 0 Å². The van der Waals surface area contributed by atoms with Crippen molar-refractivity contribution >= 4 is 37.6 Å². The molecule has 2 heteroatoms. The quantitative estimate of drug-likeness (QED) is 0.284. The van der Waals surface area contributed by atoms with Crippen LogP contribution in [0.15, 0.2) is 95.5 Å². The summed E-state index contributed by atoms with van der Waals surface area (Å²) in [5.41, 5.74) is 6.29. The summed E-state index contributed by atoms with van der Waals surface area (Å²) in [6.45, 7) is 0. The second-order valence-electron chi connectivity index (χ2n) is 6.84. The second-order valence-corrected chi connectivity index (χ2v) is 7.76. The van der Waals surface area contributed by atoms with Crippen LogP contribution >= 0.6 is 15.9 Å². The van der Waals surface area contributed by atoms with E-state index < -0.39 is 0 Å². The summed E-state index contributed by atoms with van der Waals surface area (Å²) in [5, 5.41) is 3.85. The first-order valence-corrected chi connectivity index (χ1v) is 9.85. The van der Waals surface area contributed by atoms with Crippen molar-refractivity contribution in [1.29, 1.82) is 0 Å². The molecule has 5 rings (SSSR count). The SMILES string of the molecule is Cn1c(-c2ccccc2)c(-c2ccccc2)c2c3ccc(Br)cc3ccc21. The molecule has 27 heavy (non-hydrogen) atoms. The van der Waals surface area contributed by atoms with Gasteiger partial charge in [-0.05, 0) is 40.1 Å². The normalized spacial score (nSPS) is 11.3.